The molecule has 0 aliphatic rings. The lowest BCUT2D eigenvalue weighted by molar-refractivity contribution is 0.0697. The molecule has 0 bridgehead atoms. The van der Waals surface area contributed by atoms with E-state index >= 15 is 0 Å². The summed E-state index contributed by atoms with van der Waals surface area (Å²) in [6.45, 7) is 0. The molecule has 0 fully saturated rings. The Hall–Kier alpha value is -2.54. The normalized spacial score (nSPS) is 11.2. The van der Waals surface area contributed by atoms with Crippen LogP contribution in [0.2, 0.25) is 10.0 Å². The van der Waals surface area contributed by atoms with Gasteiger partial charge in [0, 0.05) is 10.7 Å². The predicted molar refractivity (Wildman–Crippen MR) is 115 cm³/mol. The number of carboxylic acid groups (broad SMARTS) is 1. The summed E-state index contributed by atoms with van der Waals surface area (Å²) in [5.74, 6) is -0.962. The minimum absolute atomic E-state index is 0.0860. The van der Waals surface area contributed by atoms with Crippen molar-refractivity contribution in [2.45, 2.75) is 17.7 Å². The zero-order valence-electron chi connectivity index (χ0n) is 15.1. The first kappa shape index (κ1) is 21.2. The van der Waals surface area contributed by atoms with Crippen LogP contribution in [0, 0.1) is 0 Å². The third kappa shape index (κ3) is 5.50. The van der Waals surface area contributed by atoms with E-state index in [-0.39, 0.29) is 20.5 Å². The topological polar surface area (TPSA) is 83.5 Å². The van der Waals surface area contributed by atoms with Crippen LogP contribution in [0.3, 0.4) is 0 Å². The van der Waals surface area contributed by atoms with Crippen LogP contribution in [0.4, 0.5) is 5.69 Å². The second-order valence-corrected chi connectivity index (χ2v) is 8.88. The molecule has 0 heterocycles. The molecule has 0 atom stereocenters. The van der Waals surface area contributed by atoms with Gasteiger partial charge in [-0.15, -0.1) is 0 Å². The maximum Gasteiger partial charge on any atom is 0.335 e. The lowest BCUT2D eigenvalue weighted by Gasteiger charge is -2.11. The van der Waals surface area contributed by atoms with Crippen molar-refractivity contribution in [2.24, 2.45) is 0 Å². The fourth-order valence-electron chi connectivity index (χ4n) is 2.79. The first-order valence-corrected chi connectivity index (χ1v) is 10.9. The minimum atomic E-state index is -3.89. The number of hydrogen-bond donors (Lipinski definition) is 2. The molecule has 0 saturated carbocycles. The maximum absolute atomic E-state index is 12.7. The van der Waals surface area contributed by atoms with Crippen LogP contribution >= 0.6 is 23.2 Å². The smallest absolute Gasteiger partial charge is 0.335 e. The Morgan fingerprint density at radius 2 is 1.59 bits per heavy atom. The third-order valence-electron chi connectivity index (χ3n) is 4.27. The lowest BCUT2D eigenvalue weighted by Crippen LogP contribution is -2.13. The highest BCUT2D eigenvalue weighted by Crippen LogP contribution is 2.27. The van der Waals surface area contributed by atoms with Crippen LogP contribution in [0.5, 0.6) is 0 Å². The molecule has 29 heavy (non-hydrogen) atoms. The van der Waals surface area contributed by atoms with Crippen LogP contribution in [-0.4, -0.2) is 19.5 Å². The summed E-state index contributed by atoms with van der Waals surface area (Å²) >= 11 is 11.9. The van der Waals surface area contributed by atoms with E-state index in [2.05, 4.69) is 4.72 Å². The number of rotatable bonds is 7. The molecule has 5 nitrogen and oxygen atoms in total. The zero-order chi connectivity index (χ0) is 21.0. The van der Waals surface area contributed by atoms with Crippen molar-refractivity contribution in [1.82, 2.24) is 0 Å². The van der Waals surface area contributed by atoms with E-state index in [0.717, 1.165) is 11.1 Å². The van der Waals surface area contributed by atoms with Crippen molar-refractivity contribution in [3.05, 3.63) is 93.5 Å². The Morgan fingerprint density at radius 3 is 2.28 bits per heavy atom. The van der Waals surface area contributed by atoms with Gasteiger partial charge in [-0.05, 0) is 66.4 Å². The molecule has 3 aromatic rings. The van der Waals surface area contributed by atoms with Crippen LogP contribution in [0.1, 0.15) is 21.5 Å². The molecule has 0 saturated heterocycles. The number of aromatic carboxylic acids is 1. The highest BCUT2D eigenvalue weighted by molar-refractivity contribution is 7.92. The molecule has 0 aliphatic carbocycles. The van der Waals surface area contributed by atoms with Gasteiger partial charge >= 0.3 is 5.97 Å². The maximum atomic E-state index is 12.7. The zero-order valence-corrected chi connectivity index (χ0v) is 17.4. The largest absolute Gasteiger partial charge is 0.478 e. The summed E-state index contributed by atoms with van der Waals surface area (Å²) in [5.41, 5.74) is 2.58. The van der Waals surface area contributed by atoms with E-state index in [4.69, 9.17) is 28.3 Å². The standard InChI is InChI=1S/C21H17Cl2NO4S/c22-17-10-11-19(23)20(13-17)29(27,28)24-18-3-1-2-15(12-18)5-4-14-6-8-16(9-7-14)21(25)26/h1-3,6-13,24H,4-5H2,(H,25,26). The summed E-state index contributed by atoms with van der Waals surface area (Å²) in [4.78, 5) is 10.8. The van der Waals surface area contributed by atoms with Gasteiger partial charge in [-0.2, -0.15) is 0 Å². The Labute approximate surface area is 179 Å². The highest BCUT2D eigenvalue weighted by atomic mass is 35.5. The van der Waals surface area contributed by atoms with Gasteiger partial charge in [0.1, 0.15) is 4.90 Å². The number of aryl methyl sites for hydroxylation is 2. The predicted octanol–water partition coefficient (Wildman–Crippen LogP) is 5.28. The fourth-order valence-corrected chi connectivity index (χ4v) is 4.60. The van der Waals surface area contributed by atoms with Gasteiger partial charge < -0.3 is 5.11 Å². The van der Waals surface area contributed by atoms with E-state index in [1.807, 2.05) is 6.07 Å². The van der Waals surface area contributed by atoms with Crippen molar-refractivity contribution < 1.29 is 18.3 Å². The second kappa shape index (κ2) is 8.86. The molecular formula is C21H17Cl2NO4S. The fraction of sp³-hybridized carbons (Fsp3) is 0.0952. The van der Waals surface area contributed by atoms with Crippen LogP contribution < -0.4 is 4.72 Å². The Bertz CT molecular complexity index is 1150. The molecule has 3 rings (SSSR count). The number of benzene rings is 3. The summed E-state index contributed by atoms with van der Waals surface area (Å²) in [6, 6.07) is 18.0. The van der Waals surface area contributed by atoms with Crippen molar-refractivity contribution in [3.8, 4) is 0 Å². The molecule has 0 unspecified atom stereocenters. The molecule has 0 aromatic heterocycles. The molecule has 150 valence electrons. The van der Waals surface area contributed by atoms with Crippen molar-refractivity contribution in [3.63, 3.8) is 0 Å². The molecule has 3 aromatic carbocycles. The van der Waals surface area contributed by atoms with Gasteiger partial charge in [0.2, 0.25) is 0 Å². The van der Waals surface area contributed by atoms with Crippen molar-refractivity contribution in [1.29, 1.82) is 0 Å². The van der Waals surface area contributed by atoms with Crippen LogP contribution in [-0.2, 0) is 22.9 Å². The number of nitrogens with one attached hydrogen (secondary N) is 1. The van der Waals surface area contributed by atoms with Crippen molar-refractivity contribution >= 4 is 44.9 Å². The average molecular weight is 450 g/mol. The van der Waals surface area contributed by atoms with E-state index in [1.165, 1.54) is 18.2 Å². The van der Waals surface area contributed by atoms with Gasteiger partial charge in [0.05, 0.1) is 10.6 Å². The SMILES string of the molecule is O=C(O)c1ccc(CCc2cccc(NS(=O)(=O)c3cc(Cl)ccc3Cl)c2)cc1. The number of anilines is 1. The van der Waals surface area contributed by atoms with Gasteiger partial charge in [-0.25, -0.2) is 13.2 Å². The summed E-state index contributed by atoms with van der Waals surface area (Å²) in [6.07, 6.45) is 1.36. The number of sulfonamides is 1. The average Bonchev–Trinajstić information content (AvgIpc) is 2.68. The van der Waals surface area contributed by atoms with Gasteiger partial charge in [0.25, 0.3) is 10.0 Å². The summed E-state index contributed by atoms with van der Waals surface area (Å²) < 4.78 is 27.8. The van der Waals surface area contributed by atoms with E-state index < -0.39 is 16.0 Å². The quantitative estimate of drug-likeness (QED) is 0.513. The van der Waals surface area contributed by atoms with Gasteiger partial charge in [-0.3, -0.25) is 4.72 Å². The number of carboxylic acids is 1. The Kier molecular flexibility index (Phi) is 6.47. The third-order valence-corrected chi connectivity index (χ3v) is 6.36. The second-order valence-electron chi connectivity index (χ2n) is 6.38. The van der Waals surface area contributed by atoms with Crippen LogP contribution in [0.15, 0.2) is 71.6 Å². The number of hydrogen-bond acceptors (Lipinski definition) is 3. The van der Waals surface area contributed by atoms with E-state index in [0.29, 0.717) is 18.5 Å². The lowest BCUT2D eigenvalue weighted by atomic mass is 10.0. The molecule has 0 radical (unpaired) electrons. The van der Waals surface area contributed by atoms with E-state index in [1.54, 1.807) is 42.5 Å². The Balaban J connectivity index is 1.72. The molecule has 8 heteroatoms. The minimum Gasteiger partial charge on any atom is -0.478 e. The summed E-state index contributed by atoms with van der Waals surface area (Å²) in [7, 11) is -3.89. The number of halogens is 2. The van der Waals surface area contributed by atoms with Crippen LogP contribution in [0.25, 0.3) is 0 Å². The monoisotopic (exact) mass is 449 g/mol. The van der Waals surface area contributed by atoms with E-state index in [9.17, 15) is 13.2 Å². The molecule has 0 amide bonds. The first-order chi connectivity index (χ1) is 13.7. The molecule has 0 aliphatic heterocycles. The summed E-state index contributed by atoms with van der Waals surface area (Å²) in [5, 5.41) is 9.31. The molecular weight excluding hydrogens is 433 g/mol. The molecule has 2 N–H and O–H groups in total. The van der Waals surface area contributed by atoms with Gasteiger partial charge in [-0.1, -0.05) is 47.5 Å². The highest BCUT2D eigenvalue weighted by Gasteiger charge is 2.18. The number of carbonyl (C=O) groups is 1. The first-order valence-electron chi connectivity index (χ1n) is 8.64. The van der Waals surface area contributed by atoms with Gasteiger partial charge in [0.15, 0.2) is 0 Å². The Morgan fingerprint density at radius 1 is 0.897 bits per heavy atom. The molecule has 0 spiro atoms. The van der Waals surface area contributed by atoms with Crippen molar-refractivity contribution in [2.75, 3.05) is 4.72 Å².